The number of rotatable bonds is 1. The highest BCUT2D eigenvalue weighted by molar-refractivity contribution is 5.65. The molecule has 3 nitrogen and oxygen atoms in total. The first kappa shape index (κ1) is 11.4. The van der Waals surface area contributed by atoms with E-state index in [-0.39, 0.29) is 0 Å². The van der Waals surface area contributed by atoms with Crippen LogP contribution in [0.2, 0.25) is 0 Å². The van der Waals surface area contributed by atoms with E-state index in [1.54, 1.807) is 13.8 Å². The van der Waals surface area contributed by atoms with Crippen molar-refractivity contribution in [2.75, 3.05) is 5.73 Å². The Balaban J connectivity index is 2.64. The predicted octanol–water partition coefficient (Wildman–Crippen LogP) is 2.62. The Labute approximate surface area is 97.3 Å². The monoisotopic (exact) mass is 235 g/mol. The van der Waals surface area contributed by atoms with E-state index in [1.165, 1.54) is 12.1 Å². The number of nitrogens with two attached hydrogens (primary N) is 1. The van der Waals surface area contributed by atoms with Crippen molar-refractivity contribution in [1.29, 1.82) is 0 Å². The molecule has 0 aliphatic rings. The summed E-state index contributed by atoms with van der Waals surface area (Å²) in [6.45, 7) is 3.58. The van der Waals surface area contributed by atoms with Crippen molar-refractivity contribution in [3.8, 4) is 11.3 Å². The molecule has 0 spiro atoms. The molecule has 1 heterocycles. The fraction of sp³-hybridized carbons (Fsp3) is 0.167. The Bertz CT molecular complexity index is 562. The van der Waals surface area contributed by atoms with Crippen LogP contribution in [0.1, 0.15) is 11.1 Å². The molecule has 0 atom stereocenters. The van der Waals surface area contributed by atoms with Crippen molar-refractivity contribution in [1.82, 2.24) is 10.2 Å². The average molecular weight is 235 g/mol. The minimum Gasteiger partial charge on any atom is -0.382 e. The molecule has 2 rings (SSSR count). The Kier molecular flexibility index (Phi) is 2.75. The fourth-order valence-electron chi connectivity index (χ4n) is 1.59. The first-order valence-corrected chi connectivity index (χ1v) is 5.05. The van der Waals surface area contributed by atoms with Gasteiger partial charge in [-0.15, -0.1) is 10.2 Å². The van der Waals surface area contributed by atoms with Gasteiger partial charge in [0.1, 0.15) is 17.5 Å². The fourth-order valence-corrected chi connectivity index (χ4v) is 1.59. The van der Waals surface area contributed by atoms with E-state index in [0.29, 0.717) is 17.1 Å². The predicted molar refractivity (Wildman–Crippen MR) is 61.3 cm³/mol. The van der Waals surface area contributed by atoms with Gasteiger partial charge in [-0.1, -0.05) is 0 Å². The van der Waals surface area contributed by atoms with Gasteiger partial charge in [0, 0.05) is 11.6 Å². The normalized spacial score (nSPS) is 10.6. The second-order valence-electron chi connectivity index (χ2n) is 3.84. The lowest BCUT2D eigenvalue weighted by molar-refractivity contribution is 0.584. The molecule has 17 heavy (non-hydrogen) atoms. The number of anilines is 1. The Hall–Kier alpha value is -2.04. The molecular weight excluding hydrogens is 224 g/mol. The topological polar surface area (TPSA) is 51.8 Å². The van der Waals surface area contributed by atoms with Gasteiger partial charge < -0.3 is 5.73 Å². The van der Waals surface area contributed by atoms with Crippen LogP contribution in [0.4, 0.5) is 14.6 Å². The summed E-state index contributed by atoms with van der Waals surface area (Å²) in [5.74, 6) is -0.963. The molecule has 0 fully saturated rings. The zero-order chi connectivity index (χ0) is 12.6. The zero-order valence-corrected chi connectivity index (χ0v) is 9.46. The van der Waals surface area contributed by atoms with Crippen molar-refractivity contribution in [2.24, 2.45) is 0 Å². The SMILES string of the molecule is Cc1c(N)nnc(-c2cc(F)cc(F)c2)c1C. The summed E-state index contributed by atoms with van der Waals surface area (Å²) in [6.07, 6.45) is 0. The third-order valence-corrected chi connectivity index (χ3v) is 2.70. The van der Waals surface area contributed by atoms with Crippen molar-refractivity contribution < 1.29 is 8.78 Å². The van der Waals surface area contributed by atoms with E-state index < -0.39 is 11.6 Å². The second-order valence-corrected chi connectivity index (χ2v) is 3.84. The number of aromatic nitrogens is 2. The Morgan fingerprint density at radius 1 is 0.941 bits per heavy atom. The van der Waals surface area contributed by atoms with Gasteiger partial charge in [-0.05, 0) is 37.1 Å². The molecule has 0 radical (unpaired) electrons. The van der Waals surface area contributed by atoms with Crippen molar-refractivity contribution >= 4 is 5.82 Å². The van der Waals surface area contributed by atoms with Gasteiger partial charge in [-0.3, -0.25) is 0 Å². The minimum absolute atomic E-state index is 0.322. The molecule has 0 aliphatic carbocycles. The molecule has 2 N–H and O–H groups in total. The van der Waals surface area contributed by atoms with Gasteiger partial charge in [0.2, 0.25) is 0 Å². The molecule has 0 amide bonds. The highest BCUT2D eigenvalue weighted by atomic mass is 19.1. The second kappa shape index (κ2) is 4.08. The number of hydrogen-bond donors (Lipinski definition) is 1. The van der Waals surface area contributed by atoms with E-state index in [4.69, 9.17) is 5.73 Å². The van der Waals surface area contributed by atoms with Gasteiger partial charge in [0.25, 0.3) is 0 Å². The molecule has 88 valence electrons. The maximum absolute atomic E-state index is 13.1. The largest absolute Gasteiger partial charge is 0.382 e. The minimum atomic E-state index is -0.643. The summed E-state index contributed by atoms with van der Waals surface area (Å²) in [7, 11) is 0. The van der Waals surface area contributed by atoms with Gasteiger partial charge >= 0.3 is 0 Å². The molecule has 2 aromatic rings. The van der Waals surface area contributed by atoms with Crippen LogP contribution in [0.3, 0.4) is 0 Å². The number of halogens is 2. The van der Waals surface area contributed by atoms with E-state index in [1.807, 2.05) is 0 Å². The van der Waals surface area contributed by atoms with Gasteiger partial charge in [-0.2, -0.15) is 0 Å². The molecule has 5 heteroatoms. The third kappa shape index (κ3) is 2.08. The van der Waals surface area contributed by atoms with Gasteiger partial charge in [0.15, 0.2) is 0 Å². The Morgan fingerprint density at radius 3 is 2.12 bits per heavy atom. The number of nitrogen functional groups attached to an aromatic ring is 1. The van der Waals surface area contributed by atoms with Crippen molar-refractivity contribution in [3.63, 3.8) is 0 Å². The van der Waals surface area contributed by atoms with E-state index >= 15 is 0 Å². The van der Waals surface area contributed by atoms with Crippen LogP contribution in [0.5, 0.6) is 0 Å². The molecule has 1 aromatic heterocycles. The lowest BCUT2D eigenvalue weighted by atomic mass is 10.0. The Morgan fingerprint density at radius 2 is 1.53 bits per heavy atom. The van der Waals surface area contributed by atoms with Crippen molar-refractivity contribution in [3.05, 3.63) is 41.0 Å². The molecule has 1 aromatic carbocycles. The lowest BCUT2D eigenvalue weighted by Gasteiger charge is -2.08. The molecule has 0 bridgehead atoms. The molecule has 0 saturated heterocycles. The average Bonchev–Trinajstić information content (AvgIpc) is 2.24. The lowest BCUT2D eigenvalue weighted by Crippen LogP contribution is -2.02. The highest BCUT2D eigenvalue weighted by Crippen LogP contribution is 2.25. The van der Waals surface area contributed by atoms with Crippen LogP contribution < -0.4 is 5.73 Å². The summed E-state index contributed by atoms with van der Waals surface area (Å²) in [5.41, 5.74) is 7.93. The quantitative estimate of drug-likeness (QED) is 0.826. The molecule has 0 saturated carbocycles. The third-order valence-electron chi connectivity index (χ3n) is 2.70. The summed E-state index contributed by atoms with van der Waals surface area (Å²) in [6, 6.07) is 3.25. The first-order chi connectivity index (χ1) is 7.99. The number of nitrogens with zero attached hydrogens (tertiary/aromatic N) is 2. The van der Waals surface area contributed by atoms with Crippen LogP contribution in [-0.4, -0.2) is 10.2 Å². The molecular formula is C12H11F2N3. The van der Waals surface area contributed by atoms with E-state index in [9.17, 15) is 8.78 Å². The molecule has 0 aliphatic heterocycles. The van der Waals surface area contributed by atoms with Gasteiger partial charge in [0.05, 0.1) is 5.69 Å². The zero-order valence-electron chi connectivity index (χ0n) is 9.46. The van der Waals surface area contributed by atoms with Crippen LogP contribution >= 0.6 is 0 Å². The van der Waals surface area contributed by atoms with Gasteiger partial charge in [-0.25, -0.2) is 8.78 Å². The van der Waals surface area contributed by atoms with Crippen LogP contribution in [0.25, 0.3) is 11.3 Å². The standard InChI is InChI=1S/C12H11F2N3/c1-6-7(2)12(15)17-16-11(6)8-3-9(13)5-10(14)4-8/h3-5H,1-2H3,(H2,15,17). The van der Waals surface area contributed by atoms with Crippen LogP contribution in [0, 0.1) is 25.5 Å². The molecule has 0 unspecified atom stereocenters. The maximum Gasteiger partial charge on any atom is 0.149 e. The van der Waals surface area contributed by atoms with Crippen LogP contribution in [0.15, 0.2) is 18.2 Å². The smallest absolute Gasteiger partial charge is 0.149 e. The maximum atomic E-state index is 13.1. The summed E-state index contributed by atoms with van der Waals surface area (Å²) >= 11 is 0. The van der Waals surface area contributed by atoms with Crippen LogP contribution in [-0.2, 0) is 0 Å². The summed E-state index contributed by atoms with van der Waals surface area (Å²) in [5, 5.41) is 7.64. The number of hydrogen-bond acceptors (Lipinski definition) is 3. The summed E-state index contributed by atoms with van der Waals surface area (Å²) in [4.78, 5) is 0. The van der Waals surface area contributed by atoms with Crippen molar-refractivity contribution in [2.45, 2.75) is 13.8 Å². The summed E-state index contributed by atoms with van der Waals surface area (Å²) < 4.78 is 26.2. The number of benzene rings is 1. The van der Waals surface area contributed by atoms with E-state index in [0.717, 1.165) is 17.2 Å². The first-order valence-electron chi connectivity index (χ1n) is 5.05. The highest BCUT2D eigenvalue weighted by Gasteiger charge is 2.11. The van der Waals surface area contributed by atoms with E-state index in [2.05, 4.69) is 10.2 Å².